The van der Waals surface area contributed by atoms with Gasteiger partial charge in [-0.15, -0.1) is 11.3 Å². The predicted octanol–water partition coefficient (Wildman–Crippen LogP) is 2.24. The number of amides is 1. The number of hydrogen-bond acceptors (Lipinski definition) is 5. The third kappa shape index (κ3) is 5.00. The van der Waals surface area contributed by atoms with E-state index in [0.717, 1.165) is 6.42 Å². The lowest BCUT2D eigenvalue weighted by atomic mass is 10.1. The van der Waals surface area contributed by atoms with E-state index in [-0.39, 0.29) is 5.91 Å². The van der Waals surface area contributed by atoms with Gasteiger partial charge in [-0.05, 0) is 37.3 Å². The molecule has 0 fully saturated rings. The van der Waals surface area contributed by atoms with E-state index in [1.807, 2.05) is 6.92 Å². The van der Waals surface area contributed by atoms with Gasteiger partial charge in [-0.25, -0.2) is 4.79 Å². The molecule has 0 bridgehead atoms. The van der Waals surface area contributed by atoms with Gasteiger partial charge >= 0.3 is 5.97 Å². The van der Waals surface area contributed by atoms with Crippen molar-refractivity contribution in [3.05, 3.63) is 17.0 Å². The number of anilines is 1. The first-order valence-corrected chi connectivity index (χ1v) is 7.21. The Kier molecular flexibility index (Phi) is 6.52. The van der Waals surface area contributed by atoms with Gasteiger partial charge in [0.2, 0.25) is 5.91 Å². The molecule has 1 heterocycles. The molecule has 0 aliphatic carbocycles. The zero-order chi connectivity index (χ0) is 14.3. The quantitative estimate of drug-likeness (QED) is 0.752. The lowest BCUT2D eigenvalue weighted by molar-refractivity contribution is -0.116. The fraction of sp³-hybridized carbons (Fsp3) is 0.538. The molecule has 0 saturated heterocycles. The molecule has 1 aromatic rings. The summed E-state index contributed by atoms with van der Waals surface area (Å²) < 4.78 is 4.92. The summed E-state index contributed by atoms with van der Waals surface area (Å²) in [6.45, 7) is 4.63. The van der Waals surface area contributed by atoms with Crippen molar-refractivity contribution in [2.75, 3.05) is 18.5 Å². The molecule has 1 rings (SSSR count). The Bertz CT molecular complexity index is 431. The van der Waals surface area contributed by atoms with E-state index >= 15 is 0 Å². The van der Waals surface area contributed by atoms with Crippen LogP contribution >= 0.6 is 11.3 Å². The smallest absolute Gasteiger partial charge is 0.341 e. The molecule has 19 heavy (non-hydrogen) atoms. The van der Waals surface area contributed by atoms with Crippen molar-refractivity contribution >= 4 is 28.2 Å². The summed E-state index contributed by atoms with van der Waals surface area (Å²) >= 11 is 1.31. The second-order valence-electron chi connectivity index (χ2n) is 4.31. The molecule has 6 heteroatoms. The SMILES string of the molecule is CCOC(=O)c1ccsc1NC(=O)CCC(C)CN. The Hall–Kier alpha value is -1.40. The van der Waals surface area contributed by atoms with Gasteiger partial charge in [-0.2, -0.15) is 0 Å². The number of nitrogens with two attached hydrogens (primary N) is 1. The maximum atomic E-state index is 11.8. The summed E-state index contributed by atoms with van der Waals surface area (Å²) in [4.78, 5) is 23.4. The van der Waals surface area contributed by atoms with Crippen LogP contribution in [0.5, 0.6) is 0 Å². The van der Waals surface area contributed by atoms with Gasteiger partial charge in [0.1, 0.15) is 5.00 Å². The van der Waals surface area contributed by atoms with Crippen LogP contribution in [-0.2, 0) is 9.53 Å². The van der Waals surface area contributed by atoms with Crippen molar-refractivity contribution in [2.24, 2.45) is 11.7 Å². The van der Waals surface area contributed by atoms with Gasteiger partial charge in [0, 0.05) is 6.42 Å². The first-order valence-electron chi connectivity index (χ1n) is 6.33. The Morgan fingerprint density at radius 2 is 2.26 bits per heavy atom. The second-order valence-corrected chi connectivity index (χ2v) is 5.23. The van der Waals surface area contributed by atoms with Crippen LogP contribution in [0.1, 0.15) is 37.0 Å². The molecule has 1 unspecified atom stereocenters. The van der Waals surface area contributed by atoms with E-state index in [0.29, 0.717) is 36.1 Å². The Balaban J connectivity index is 2.55. The van der Waals surface area contributed by atoms with E-state index in [2.05, 4.69) is 5.32 Å². The van der Waals surface area contributed by atoms with Crippen LogP contribution in [0.2, 0.25) is 0 Å². The average molecular weight is 284 g/mol. The molecule has 0 spiro atoms. The third-order valence-electron chi connectivity index (χ3n) is 2.68. The number of carbonyl (C=O) groups excluding carboxylic acids is 2. The lowest BCUT2D eigenvalue weighted by Crippen LogP contribution is -2.17. The van der Waals surface area contributed by atoms with Crippen LogP contribution in [0.15, 0.2) is 11.4 Å². The summed E-state index contributed by atoms with van der Waals surface area (Å²) in [6, 6.07) is 1.65. The zero-order valence-corrected chi connectivity index (χ0v) is 12.1. The number of esters is 1. The highest BCUT2D eigenvalue weighted by molar-refractivity contribution is 7.14. The molecular formula is C13H20N2O3S. The molecule has 1 atom stereocenters. The molecule has 106 valence electrons. The molecule has 0 aromatic carbocycles. The number of carbonyl (C=O) groups is 2. The summed E-state index contributed by atoms with van der Waals surface area (Å²) in [7, 11) is 0. The minimum absolute atomic E-state index is 0.103. The van der Waals surface area contributed by atoms with Crippen LogP contribution in [-0.4, -0.2) is 25.0 Å². The van der Waals surface area contributed by atoms with Crippen LogP contribution < -0.4 is 11.1 Å². The van der Waals surface area contributed by atoms with Crippen molar-refractivity contribution in [1.29, 1.82) is 0 Å². The van der Waals surface area contributed by atoms with E-state index in [1.165, 1.54) is 11.3 Å². The van der Waals surface area contributed by atoms with Crippen molar-refractivity contribution < 1.29 is 14.3 Å². The fourth-order valence-electron chi connectivity index (χ4n) is 1.46. The second kappa shape index (κ2) is 7.91. The van der Waals surface area contributed by atoms with Crippen molar-refractivity contribution in [3.8, 4) is 0 Å². The van der Waals surface area contributed by atoms with Crippen LogP contribution in [0.4, 0.5) is 5.00 Å². The average Bonchev–Trinajstić information content (AvgIpc) is 2.84. The number of thiophene rings is 1. The highest BCUT2D eigenvalue weighted by Crippen LogP contribution is 2.24. The van der Waals surface area contributed by atoms with E-state index < -0.39 is 5.97 Å². The van der Waals surface area contributed by atoms with Crippen molar-refractivity contribution in [1.82, 2.24) is 0 Å². The highest BCUT2D eigenvalue weighted by Gasteiger charge is 2.16. The van der Waals surface area contributed by atoms with Crippen molar-refractivity contribution in [3.63, 3.8) is 0 Å². The Morgan fingerprint density at radius 1 is 1.53 bits per heavy atom. The van der Waals surface area contributed by atoms with Gasteiger partial charge in [0.15, 0.2) is 0 Å². The molecule has 0 aliphatic rings. The summed E-state index contributed by atoms with van der Waals surface area (Å²) in [5.74, 6) is -0.193. The molecule has 1 amide bonds. The summed E-state index contributed by atoms with van der Waals surface area (Å²) in [5, 5.41) is 5.05. The standard InChI is InChI=1S/C13H20N2O3S/c1-3-18-13(17)10-6-7-19-12(10)15-11(16)5-4-9(2)8-14/h6-7,9H,3-5,8,14H2,1-2H3,(H,15,16). The van der Waals surface area contributed by atoms with Gasteiger partial charge < -0.3 is 15.8 Å². The maximum Gasteiger partial charge on any atom is 0.341 e. The molecule has 0 radical (unpaired) electrons. The minimum atomic E-state index is -0.408. The predicted molar refractivity (Wildman–Crippen MR) is 76.4 cm³/mol. The monoisotopic (exact) mass is 284 g/mol. The number of nitrogens with one attached hydrogen (secondary N) is 1. The highest BCUT2D eigenvalue weighted by atomic mass is 32.1. The Labute approximate surface area is 117 Å². The summed E-state index contributed by atoms with van der Waals surface area (Å²) in [6.07, 6.45) is 1.14. The topological polar surface area (TPSA) is 81.4 Å². The van der Waals surface area contributed by atoms with E-state index in [9.17, 15) is 9.59 Å². The van der Waals surface area contributed by atoms with Crippen LogP contribution in [0, 0.1) is 5.92 Å². The van der Waals surface area contributed by atoms with E-state index in [1.54, 1.807) is 18.4 Å². The largest absolute Gasteiger partial charge is 0.462 e. The first kappa shape index (κ1) is 15.7. The summed E-state index contributed by atoms with van der Waals surface area (Å²) in [5.41, 5.74) is 5.91. The number of ether oxygens (including phenoxy) is 1. The molecule has 3 N–H and O–H groups in total. The van der Waals surface area contributed by atoms with Gasteiger partial charge in [0.05, 0.1) is 12.2 Å². The zero-order valence-electron chi connectivity index (χ0n) is 11.3. The Morgan fingerprint density at radius 3 is 2.89 bits per heavy atom. The third-order valence-corrected chi connectivity index (χ3v) is 3.51. The van der Waals surface area contributed by atoms with Gasteiger partial charge in [-0.3, -0.25) is 4.79 Å². The van der Waals surface area contributed by atoms with Crippen LogP contribution in [0.3, 0.4) is 0 Å². The fourth-order valence-corrected chi connectivity index (χ4v) is 2.25. The molecule has 0 saturated carbocycles. The van der Waals surface area contributed by atoms with Crippen molar-refractivity contribution in [2.45, 2.75) is 26.7 Å². The maximum absolute atomic E-state index is 11.8. The normalized spacial score (nSPS) is 11.9. The molecule has 5 nitrogen and oxygen atoms in total. The minimum Gasteiger partial charge on any atom is -0.462 e. The van der Waals surface area contributed by atoms with Gasteiger partial charge in [-0.1, -0.05) is 6.92 Å². The first-order chi connectivity index (χ1) is 9.08. The van der Waals surface area contributed by atoms with E-state index in [4.69, 9.17) is 10.5 Å². The van der Waals surface area contributed by atoms with Crippen LogP contribution in [0.25, 0.3) is 0 Å². The number of rotatable bonds is 7. The molecule has 1 aromatic heterocycles. The van der Waals surface area contributed by atoms with Gasteiger partial charge in [0.25, 0.3) is 0 Å². The lowest BCUT2D eigenvalue weighted by Gasteiger charge is -2.08. The molecule has 0 aliphatic heterocycles. The molecular weight excluding hydrogens is 264 g/mol. The number of hydrogen-bond donors (Lipinski definition) is 2.